The molecule has 0 bridgehead atoms. The molecule has 8 heteroatoms. The molecule has 0 atom stereocenters. The Morgan fingerprint density at radius 3 is 2.94 bits per heavy atom. The number of nitrogens with two attached hydrogens (primary N) is 1. The Balaban J connectivity index is 2.05. The summed E-state index contributed by atoms with van der Waals surface area (Å²) in [7, 11) is 1.68. The summed E-state index contributed by atoms with van der Waals surface area (Å²) >= 11 is 7.25. The molecule has 0 radical (unpaired) electrons. The van der Waals surface area contributed by atoms with E-state index in [0.29, 0.717) is 10.9 Å². The van der Waals surface area contributed by atoms with Crippen molar-refractivity contribution >= 4 is 34.8 Å². The zero-order valence-electron chi connectivity index (χ0n) is 8.98. The Morgan fingerprint density at radius 1 is 1.65 bits per heavy atom. The van der Waals surface area contributed by atoms with E-state index in [-0.39, 0.29) is 17.7 Å². The Hall–Kier alpha value is -1.60. The lowest BCUT2D eigenvalue weighted by atomic mass is 10.4. The molecule has 0 fully saturated rings. The molecule has 0 spiro atoms. The van der Waals surface area contributed by atoms with Gasteiger partial charge in [-0.05, 0) is 12.1 Å². The molecule has 17 heavy (non-hydrogen) atoms. The zero-order chi connectivity index (χ0) is 12.4. The van der Waals surface area contributed by atoms with Crippen molar-refractivity contribution in [3.63, 3.8) is 0 Å². The van der Waals surface area contributed by atoms with Crippen LogP contribution in [0, 0.1) is 0 Å². The molecule has 0 aliphatic heterocycles. The second-order valence-electron chi connectivity index (χ2n) is 3.41. The number of nitrogen functional groups attached to an aromatic ring is 1. The normalized spacial score (nSPS) is 10.5. The molecule has 90 valence electrons. The van der Waals surface area contributed by atoms with Gasteiger partial charge in [0.2, 0.25) is 11.8 Å². The molecule has 0 aliphatic carbocycles. The van der Waals surface area contributed by atoms with E-state index in [0.717, 1.165) is 4.88 Å². The highest BCUT2D eigenvalue weighted by atomic mass is 35.5. The minimum absolute atomic E-state index is 0.0564. The lowest BCUT2D eigenvalue weighted by Gasteiger charge is -2.13. The van der Waals surface area contributed by atoms with Crippen LogP contribution in [0.25, 0.3) is 0 Å². The summed E-state index contributed by atoms with van der Waals surface area (Å²) in [5, 5.41) is 6.08. The van der Waals surface area contributed by atoms with E-state index in [1.54, 1.807) is 13.1 Å². The van der Waals surface area contributed by atoms with E-state index in [1.165, 1.54) is 16.2 Å². The second-order valence-corrected chi connectivity index (χ2v) is 5.21. The number of hydrogen-bond acceptors (Lipinski definition) is 5. The summed E-state index contributed by atoms with van der Waals surface area (Å²) in [6.45, 7) is 0.469. The minimum Gasteiger partial charge on any atom is -0.366 e. The summed E-state index contributed by atoms with van der Waals surface area (Å²) in [6.07, 6.45) is 0. The lowest BCUT2D eigenvalue weighted by molar-refractivity contribution is 0.0775. The van der Waals surface area contributed by atoms with Gasteiger partial charge in [0, 0.05) is 11.9 Å². The molecule has 3 N–H and O–H groups in total. The molecule has 2 aromatic heterocycles. The molecule has 2 heterocycles. The van der Waals surface area contributed by atoms with Crippen molar-refractivity contribution in [3.05, 3.63) is 27.2 Å². The van der Waals surface area contributed by atoms with Crippen LogP contribution in [-0.4, -0.2) is 33.0 Å². The van der Waals surface area contributed by atoms with Crippen molar-refractivity contribution in [1.82, 2.24) is 20.1 Å². The van der Waals surface area contributed by atoms with E-state index in [2.05, 4.69) is 15.2 Å². The average molecular weight is 272 g/mol. The third-order valence-corrected chi connectivity index (χ3v) is 3.29. The van der Waals surface area contributed by atoms with Gasteiger partial charge in [0.15, 0.2) is 0 Å². The van der Waals surface area contributed by atoms with Crippen LogP contribution in [0.2, 0.25) is 4.34 Å². The lowest BCUT2D eigenvalue weighted by Crippen LogP contribution is -2.26. The zero-order valence-corrected chi connectivity index (χ0v) is 10.5. The predicted molar refractivity (Wildman–Crippen MR) is 65.9 cm³/mol. The monoisotopic (exact) mass is 271 g/mol. The highest BCUT2D eigenvalue weighted by Gasteiger charge is 2.16. The molecule has 0 saturated carbocycles. The maximum Gasteiger partial charge on any atom is 0.291 e. The van der Waals surface area contributed by atoms with Gasteiger partial charge in [0.25, 0.3) is 5.91 Å². The van der Waals surface area contributed by atoms with E-state index in [1.807, 2.05) is 6.07 Å². The summed E-state index contributed by atoms with van der Waals surface area (Å²) in [5.74, 6) is -0.0766. The first kappa shape index (κ1) is 11.9. The molecule has 6 nitrogen and oxygen atoms in total. The number of amides is 1. The Morgan fingerprint density at radius 2 is 2.41 bits per heavy atom. The largest absolute Gasteiger partial charge is 0.366 e. The molecule has 0 saturated heterocycles. The van der Waals surface area contributed by atoms with E-state index in [4.69, 9.17) is 17.3 Å². The number of thiophene rings is 1. The van der Waals surface area contributed by atoms with Gasteiger partial charge in [0.1, 0.15) is 0 Å². The Bertz CT molecular complexity index is 537. The van der Waals surface area contributed by atoms with Crippen molar-refractivity contribution in [2.75, 3.05) is 12.8 Å². The van der Waals surface area contributed by atoms with Gasteiger partial charge < -0.3 is 10.6 Å². The maximum atomic E-state index is 11.9. The molecule has 0 unspecified atom stereocenters. The number of hydrogen-bond donors (Lipinski definition) is 2. The van der Waals surface area contributed by atoms with Gasteiger partial charge in [-0.1, -0.05) is 11.6 Å². The second kappa shape index (κ2) is 4.72. The fourth-order valence-corrected chi connectivity index (χ4v) is 2.43. The number of nitrogens with zero attached hydrogens (tertiary/aromatic N) is 3. The fourth-order valence-electron chi connectivity index (χ4n) is 1.29. The highest BCUT2D eigenvalue weighted by Crippen LogP contribution is 2.22. The van der Waals surface area contributed by atoms with Crippen LogP contribution >= 0.6 is 22.9 Å². The quantitative estimate of drug-likeness (QED) is 0.883. The number of anilines is 1. The van der Waals surface area contributed by atoms with Gasteiger partial charge in [-0.15, -0.1) is 16.4 Å². The highest BCUT2D eigenvalue weighted by molar-refractivity contribution is 7.16. The summed E-state index contributed by atoms with van der Waals surface area (Å²) < 4.78 is 0.699. The van der Waals surface area contributed by atoms with Gasteiger partial charge in [-0.2, -0.15) is 4.98 Å². The van der Waals surface area contributed by atoms with Crippen molar-refractivity contribution in [3.8, 4) is 0 Å². The Kier molecular flexibility index (Phi) is 3.30. The summed E-state index contributed by atoms with van der Waals surface area (Å²) in [5.41, 5.74) is 5.33. The third kappa shape index (κ3) is 2.75. The maximum absolute atomic E-state index is 11.9. The van der Waals surface area contributed by atoms with Gasteiger partial charge in [0.05, 0.1) is 10.9 Å². The molecule has 1 amide bonds. The van der Waals surface area contributed by atoms with Crippen molar-refractivity contribution in [2.45, 2.75) is 6.54 Å². The number of nitrogens with one attached hydrogen (secondary N) is 1. The van der Waals surface area contributed by atoms with Crippen molar-refractivity contribution in [2.24, 2.45) is 0 Å². The van der Waals surface area contributed by atoms with E-state index < -0.39 is 0 Å². The third-order valence-electron chi connectivity index (χ3n) is 2.07. The van der Waals surface area contributed by atoms with Crippen LogP contribution < -0.4 is 5.73 Å². The first-order valence-corrected chi connectivity index (χ1v) is 5.93. The predicted octanol–water partition coefficient (Wildman–Crippen LogP) is 1.37. The smallest absolute Gasteiger partial charge is 0.291 e. The standard InChI is InChI=1S/C9H10ClN5OS/c1-15(4-5-2-3-6(10)17-5)8(16)7-12-9(11)14-13-7/h2-3H,4H2,1H3,(H3,11,12,13,14). The Labute approximate surface area is 106 Å². The number of halogens is 1. The fraction of sp³-hybridized carbons (Fsp3) is 0.222. The molecule has 0 aliphatic rings. The number of carbonyl (C=O) groups excluding carboxylic acids is 1. The van der Waals surface area contributed by atoms with Crippen LogP contribution in [-0.2, 0) is 6.54 Å². The van der Waals surface area contributed by atoms with Crippen LogP contribution in [0.3, 0.4) is 0 Å². The van der Waals surface area contributed by atoms with Gasteiger partial charge >= 0.3 is 0 Å². The van der Waals surface area contributed by atoms with Crippen molar-refractivity contribution in [1.29, 1.82) is 0 Å². The van der Waals surface area contributed by atoms with Crippen LogP contribution in [0.5, 0.6) is 0 Å². The van der Waals surface area contributed by atoms with E-state index in [9.17, 15) is 4.79 Å². The number of rotatable bonds is 3. The first-order chi connectivity index (χ1) is 8.06. The molecule has 2 rings (SSSR count). The first-order valence-electron chi connectivity index (χ1n) is 4.74. The SMILES string of the molecule is CN(Cc1ccc(Cl)s1)C(=O)c1nc(N)n[nH]1. The topological polar surface area (TPSA) is 87.9 Å². The van der Waals surface area contributed by atoms with Crippen LogP contribution in [0.4, 0.5) is 5.95 Å². The van der Waals surface area contributed by atoms with Crippen molar-refractivity contribution < 1.29 is 4.79 Å². The molecular weight excluding hydrogens is 262 g/mol. The molecule has 2 aromatic rings. The minimum atomic E-state index is -0.265. The molecule has 0 aromatic carbocycles. The van der Waals surface area contributed by atoms with E-state index >= 15 is 0 Å². The number of carbonyl (C=O) groups is 1. The average Bonchev–Trinajstić information content (AvgIpc) is 2.87. The number of H-pyrrole nitrogens is 1. The number of aromatic amines is 1. The number of aromatic nitrogens is 3. The summed E-state index contributed by atoms with van der Waals surface area (Å²) in [4.78, 5) is 18.2. The summed E-state index contributed by atoms with van der Waals surface area (Å²) in [6, 6.07) is 3.68. The van der Waals surface area contributed by atoms with Crippen LogP contribution in [0.1, 0.15) is 15.5 Å². The van der Waals surface area contributed by atoms with Crippen LogP contribution in [0.15, 0.2) is 12.1 Å². The van der Waals surface area contributed by atoms with Gasteiger partial charge in [-0.3, -0.25) is 9.89 Å². The van der Waals surface area contributed by atoms with Gasteiger partial charge in [-0.25, -0.2) is 0 Å². The molecular formula is C9H10ClN5OS.